The van der Waals surface area contributed by atoms with Crippen molar-refractivity contribution < 1.29 is 28.7 Å². The summed E-state index contributed by atoms with van der Waals surface area (Å²) in [5, 5.41) is 0.466. The molecular formula is C21H22ClN3O6. The Kier molecular flexibility index (Phi) is 5.70. The zero-order chi connectivity index (χ0) is 22.3. The molecule has 0 radical (unpaired) electrons. The molecule has 1 aliphatic heterocycles. The zero-order valence-corrected chi connectivity index (χ0v) is 17.6. The van der Waals surface area contributed by atoms with E-state index >= 15 is 0 Å². The monoisotopic (exact) mass is 447 g/mol. The molecule has 164 valence electrons. The maximum atomic E-state index is 12.8. The van der Waals surface area contributed by atoms with Gasteiger partial charge in [-0.3, -0.25) is 34.9 Å². The van der Waals surface area contributed by atoms with Gasteiger partial charge in [0, 0.05) is 10.6 Å². The number of halogens is 1. The predicted octanol–water partition coefficient (Wildman–Crippen LogP) is 1.06. The highest BCUT2D eigenvalue weighted by Crippen LogP contribution is 2.56. The van der Waals surface area contributed by atoms with E-state index in [2.05, 4.69) is 10.9 Å². The van der Waals surface area contributed by atoms with Crippen molar-refractivity contribution in [1.29, 1.82) is 0 Å². The van der Waals surface area contributed by atoms with Gasteiger partial charge >= 0.3 is 5.97 Å². The van der Waals surface area contributed by atoms with Crippen molar-refractivity contribution >= 4 is 41.2 Å². The lowest BCUT2D eigenvalue weighted by atomic mass is 9.81. The van der Waals surface area contributed by atoms with Gasteiger partial charge in [0.1, 0.15) is 6.04 Å². The van der Waals surface area contributed by atoms with Gasteiger partial charge in [0.2, 0.25) is 11.8 Å². The fourth-order valence-corrected chi connectivity index (χ4v) is 5.14. The molecule has 1 aromatic carbocycles. The van der Waals surface area contributed by atoms with E-state index in [0.29, 0.717) is 5.02 Å². The minimum absolute atomic E-state index is 0.217. The van der Waals surface area contributed by atoms with Gasteiger partial charge in [-0.05, 0) is 62.3 Å². The van der Waals surface area contributed by atoms with Gasteiger partial charge in [0.25, 0.3) is 11.8 Å². The van der Waals surface area contributed by atoms with Crippen LogP contribution in [0.3, 0.4) is 0 Å². The summed E-state index contributed by atoms with van der Waals surface area (Å²) in [4.78, 5) is 62.7. The van der Waals surface area contributed by atoms with E-state index in [1.54, 1.807) is 0 Å². The maximum absolute atomic E-state index is 12.8. The van der Waals surface area contributed by atoms with E-state index in [1.807, 2.05) is 0 Å². The number of benzene rings is 1. The Morgan fingerprint density at radius 2 is 1.65 bits per heavy atom. The minimum atomic E-state index is -1.11. The van der Waals surface area contributed by atoms with Gasteiger partial charge < -0.3 is 4.74 Å². The molecule has 0 aromatic heterocycles. The number of hydrogen-bond acceptors (Lipinski definition) is 6. The first-order valence-electron chi connectivity index (χ1n) is 10.2. The lowest BCUT2D eigenvalue weighted by Gasteiger charge is -2.23. The molecule has 10 heteroatoms. The second-order valence-electron chi connectivity index (χ2n) is 8.22. The zero-order valence-electron chi connectivity index (χ0n) is 16.8. The third-order valence-electron chi connectivity index (χ3n) is 6.46. The topological polar surface area (TPSA) is 122 Å². The number of hydrogen-bond donors (Lipinski definition) is 2. The van der Waals surface area contributed by atoms with Crippen molar-refractivity contribution in [2.75, 3.05) is 6.61 Å². The number of imide groups is 1. The summed E-state index contributed by atoms with van der Waals surface area (Å²) in [5.74, 6) is -3.04. The number of likely N-dealkylation sites (tertiary alicyclic amines) is 1. The first-order valence-corrected chi connectivity index (χ1v) is 10.5. The number of carbonyl (C=O) groups is 5. The molecule has 2 N–H and O–H groups in total. The standard InChI is InChI=1S/C21H22ClN3O6/c1-10(25-19(28)16-12-2-3-13(8-12)17(16)20(25)29)21(30)31-9-15(26)23-24-18(27)11-4-6-14(22)7-5-11/h4-7,10,12-13,16-17H,2-3,8-9H2,1H3,(H,23,26)(H,24,27)/t10-,12+,13+,16-,17+/m1/s1. The molecule has 3 aliphatic rings. The fraction of sp³-hybridized carbons (Fsp3) is 0.476. The third kappa shape index (κ3) is 3.89. The molecular weight excluding hydrogens is 426 g/mol. The van der Waals surface area contributed by atoms with Crippen LogP contribution in [0.25, 0.3) is 0 Å². The number of fused-ring (bicyclic) bond motifs is 5. The Hall–Kier alpha value is -2.94. The molecule has 31 heavy (non-hydrogen) atoms. The first-order chi connectivity index (χ1) is 14.8. The number of ether oxygens (including phenoxy) is 1. The number of amides is 4. The van der Waals surface area contributed by atoms with E-state index in [9.17, 15) is 24.0 Å². The van der Waals surface area contributed by atoms with Crippen LogP contribution in [-0.4, -0.2) is 47.1 Å². The summed E-state index contributed by atoms with van der Waals surface area (Å²) in [6.07, 6.45) is 2.79. The van der Waals surface area contributed by atoms with Crippen molar-refractivity contribution in [2.24, 2.45) is 23.7 Å². The average Bonchev–Trinajstić information content (AvgIpc) is 3.44. The molecule has 3 fully saturated rings. The molecule has 1 aromatic rings. The van der Waals surface area contributed by atoms with E-state index in [1.165, 1.54) is 31.2 Å². The molecule has 4 amide bonds. The van der Waals surface area contributed by atoms with Crippen LogP contribution in [0, 0.1) is 23.7 Å². The third-order valence-corrected chi connectivity index (χ3v) is 6.71. The quantitative estimate of drug-likeness (QED) is 0.395. The van der Waals surface area contributed by atoms with Crippen molar-refractivity contribution in [1.82, 2.24) is 15.8 Å². The summed E-state index contributed by atoms with van der Waals surface area (Å²) in [6.45, 7) is 0.750. The number of nitrogens with zero attached hydrogens (tertiary/aromatic N) is 1. The lowest BCUT2D eigenvalue weighted by Crippen LogP contribution is -2.47. The normalized spacial score (nSPS) is 27.1. The van der Waals surface area contributed by atoms with Gasteiger partial charge in [-0.1, -0.05) is 11.6 Å². The predicted molar refractivity (Wildman–Crippen MR) is 107 cm³/mol. The molecule has 9 nitrogen and oxygen atoms in total. The first kappa shape index (κ1) is 21.3. The van der Waals surface area contributed by atoms with Crippen molar-refractivity contribution in [3.8, 4) is 0 Å². The van der Waals surface area contributed by atoms with Crippen LogP contribution < -0.4 is 10.9 Å². The Morgan fingerprint density at radius 3 is 2.23 bits per heavy atom. The largest absolute Gasteiger partial charge is 0.454 e. The van der Waals surface area contributed by atoms with Crippen molar-refractivity contribution in [2.45, 2.75) is 32.2 Å². The van der Waals surface area contributed by atoms with E-state index < -0.39 is 30.4 Å². The molecule has 4 rings (SSSR count). The number of hydrazine groups is 1. The molecule has 1 heterocycles. The van der Waals surface area contributed by atoms with Crippen molar-refractivity contribution in [3.05, 3.63) is 34.9 Å². The van der Waals surface area contributed by atoms with Gasteiger partial charge in [-0.15, -0.1) is 0 Å². The maximum Gasteiger partial charge on any atom is 0.329 e. The molecule has 0 spiro atoms. The van der Waals surface area contributed by atoms with Crippen LogP contribution in [0.4, 0.5) is 0 Å². The van der Waals surface area contributed by atoms with E-state index in [4.69, 9.17) is 16.3 Å². The molecule has 2 aliphatic carbocycles. The lowest BCUT2D eigenvalue weighted by molar-refractivity contribution is -0.160. The van der Waals surface area contributed by atoms with Crippen LogP contribution in [0.1, 0.15) is 36.5 Å². The Morgan fingerprint density at radius 1 is 1.06 bits per heavy atom. The summed E-state index contributed by atoms with van der Waals surface area (Å²) in [6, 6.07) is 4.92. The van der Waals surface area contributed by atoms with Crippen LogP contribution in [0.5, 0.6) is 0 Å². The Balaban J connectivity index is 1.26. The minimum Gasteiger partial charge on any atom is -0.454 e. The molecule has 0 unspecified atom stereocenters. The number of rotatable bonds is 5. The molecule has 2 bridgehead atoms. The highest BCUT2D eigenvalue weighted by atomic mass is 35.5. The van der Waals surface area contributed by atoms with Crippen molar-refractivity contribution in [3.63, 3.8) is 0 Å². The molecule has 2 saturated carbocycles. The fourth-order valence-electron chi connectivity index (χ4n) is 5.01. The van der Waals surface area contributed by atoms with Crippen LogP contribution in [0.15, 0.2) is 24.3 Å². The number of carbonyl (C=O) groups excluding carboxylic acids is 5. The summed E-state index contributed by atoms with van der Waals surface area (Å²) in [7, 11) is 0. The van der Waals surface area contributed by atoms with Gasteiger partial charge in [-0.25, -0.2) is 4.79 Å². The van der Waals surface area contributed by atoms with Gasteiger partial charge in [0.15, 0.2) is 6.61 Å². The molecule has 1 saturated heterocycles. The Labute approximate surface area is 183 Å². The summed E-state index contributed by atoms with van der Waals surface area (Å²) < 4.78 is 4.95. The second kappa shape index (κ2) is 8.30. The highest BCUT2D eigenvalue weighted by molar-refractivity contribution is 6.30. The van der Waals surface area contributed by atoms with E-state index in [-0.39, 0.29) is 41.0 Å². The Bertz CT molecular complexity index is 921. The second-order valence-corrected chi connectivity index (χ2v) is 8.66. The number of nitrogens with one attached hydrogen (secondary N) is 2. The summed E-state index contributed by atoms with van der Waals surface area (Å²) in [5.41, 5.74) is 4.60. The SMILES string of the molecule is C[C@H](C(=O)OCC(=O)NNC(=O)c1ccc(Cl)cc1)N1C(=O)[C@@H]2[C@H]3CC[C@@H](C3)[C@@H]2C1=O. The average molecular weight is 448 g/mol. The van der Waals surface area contributed by atoms with E-state index in [0.717, 1.165) is 24.2 Å². The van der Waals surface area contributed by atoms with Gasteiger partial charge in [0.05, 0.1) is 11.8 Å². The van der Waals surface area contributed by atoms with Crippen LogP contribution in [-0.2, 0) is 23.9 Å². The molecule has 5 atom stereocenters. The van der Waals surface area contributed by atoms with Crippen LogP contribution in [0.2, 0.25) is 5.02 Å². The van der Waals surface area contributed by atoms with Crippen LogP contribution >= 0.6 is 11.6 Å². The smallest absolute Gasteiger partial charge is 0.329 e. The van der Waals surface area contributed by atoms with Gasteiger partial charge in [-0.2, -0.15) is 0 Å². The highest BCUT2D eigenvalue weighted by Gasteiger charge is 2.62. The number of esters is 1. The summed E-state index contributed by atoms with van der Waals surface area (Å²) >= 11 is 5.75.